The van der Waals surface area contributed by atoms with Crippen LogP contribution >= 0.6 is 0 Å². The van der Waals surface area contributed by atoms with Gasteiger partial charge in [0, 0.05) is 12.1 Å². The molecule has 1 nitrogen and oxygen atoms in total. The van der Waals surface area contributed by atoms with Gasteiger partial charge in [-0.05, 0) is 26.2 Å². The highest BCUT2D eigenvalue weighted by atomic mass is 15.0. The van der Waals surface area contributed by atoms with Crippen molar-refractivity contribution in [2.45, 2.75) is 45.1 Å². The summed E-state index contributed by atoms with van der Waals surface area (Å²) in [7, 11) is 0. The maximum Gasteiger partial charge on any atom is 0.0226 e. The second kappa shape index (κ2) is 2.70. The predicted molar refractivity (Wildman–Crippen MR) is 40.0 cm³/mol. The summed E-state index contributed by atoms with van der Waals surface area (Å²) in [6, 6.07) is 0. The number of rotatable bonds is 4. The summed E-state index contributed by atoms with van der Waals surface area (Å²) in [5.41, 5.74) is 0.495. The maximum atomic E-state index is 3.41. The van der Waals surface area contributed by atoms with Gasteiger partial charge < -0.3 is 5.32 Å². The maximum absolute atomic E-state index is 3.41. The Balaban J connectivity index is 1.92. The molecule has 0 atom stereocenters. The fourth-order valence-electron chi connectivity index (χ4n) is 0.795. The van der Waals surface area contributed by atoms with Crippen molar-refractivity contribution >= 4 is 0 Å². The molecule has 1 fully saturated rings. The lowest BCUT2D eigenvalue weighted by Crippen LogP contribution is -2.24. The van der Waals surface area contributed by atoms with E-state index in [2.05, 4.69) is 25.7 Å². The van der Waals surface area contributed by atoms with Crippen LogP contribution in [0.5, 0.6) is 0 Å². The minimum atomic E-state index is 0.495. The van der Waals surface area contributed by atoms with Crippen LogP contribution in [0.1, 0.15) is 39.5 Å². The lowest BCUT2D eigenvalue weighted by atomic mass is 10.3. The third-order valence-electron chi connectivity index (χ3n) is 1.88. The minimum absolute atomic E-state index is 0.495. The molecule has 0 aromatic heterocycles. The molecule has 0 aliphatic heterocycles. The van der Waals surface area contributed by atoms with Gasteiger partial charge in [0.15, 0.2) is 0 Å². The highest BCUT2D eigenvalue weighted by molar-refractivity contribution is 4.99. The molecule has 1 heteroatoms. The second-order valence-electron chi connectivity index (χ2n) is 3.20. The van der Waals surface area contributed by atoms with E-state index in [1.54, 1.807) is 0 Å². The van der Waals surface area contributed by atoms with Crippen LogP contribution in [0.2, 0.25) is 0 Å². The summed E-state index contributed by atoms with van der Waals surface area (Å²) in [6.07, 6.45) is 5.17. The van der Waals surface area contributed by atoms with Gasteiger partial charge in [0.05, 0.1) is 0 Å². The third kappa shape index (κ3) is 2.35. The van der Waals surface area contributed by atoms with Crippen LogP contribution in [0.3, 0.4) is 0 Å². The zero-order chi connectivity index (χ0) is 6.74. The summed E-state index contributed by atoms with van der Waals surface area (Å²) in [5, 5.41) is 3.41. The number of hydrogen-bond donors (Lipinski definition) is 1. The van der Waals surface area contributed by atoms with Crippen LogP contribution in [-0.2, 0) is 0 Å². The molecule has 0 spiro atoms. The van der Waals surface area contributed by atoms with E-state index in [1.165, 1.54) is 25.7 Å². The van der Waals surface area contributed by atoms with Crippen molar-refractivity contribution in [2.24, 2.45) is 0 Å². The largest absolute Gasteiger partial charge is 0.307 e. The van der Waals surface area contributed by atoms with Crippen LogP contribution in [-0.4, -0.2) is 5.54 Å². The van der Waals surface area contributed by atoms with E-state index in [-0.39, 0.29) is 0 Å². The number of unbranched alkanes of at least 4 members (excludes halogenated alkanes) is 1. The van der Waals surface area contributed by atoms with Crippen LogP contribution < -0.4 is 5.32 Å². The Bertz CT molecular complexity index is 84.6. The molecule has 0 aromatic rings. The van der Waals surface area contributed by atoms with Gasteiger partial charge in [-0.2, -0.15) is 0 Å². The average Bonchev–Trinajstić information content (AvgIpc) is 2.50. The molecule has 1 aliphatic carbocycles. The minimum Gasteiger partial charge on any atom is -0.307 e. The van der Waals surface area contributed by atoms with E-state index in [1.807, 2.05) is 0 Å². The van der Waals surface area contributed by atoms with Crippen LogP contribution in [0.25, 0.3) is 0 Å². The average molecular weight is 126 g/mol. The zero-order valence-electron chi connectivity index (χ0n) is 6.41. The molecule has 9 heavy (non-hydrogen) atoms. The van der Waals surface area contributed by atoms with Crippen LogP contribution in [0.4, 0.5) is 0 Å². The normalized spacial score (nSPS) is 22.0. The Morgan fingerprint density at radius 3 is 2.67 bits per heavy atom. The smallest absolute Gasteiger partial charge is 0.0226 e. The van der Waals surface area contributed by atoms with E-state index in [0.717, 1.165) is 0 Å². The first-order valence-corrected chi connectivity index (χ1v) is 3.86. The van der Waals surface area contributed by atoms with E-state index in [9.17, 15) is 0 Å². The topological polar surface area (TPSA) is 12.0 Å². The second-order valence-corrected chi connectivity index (χ2v) is 3.20. The lowest BCUT2D eigenvalue weighted by Gasteiger charge is -2.08. The van der Waals surface area contributed by atoms with E-state index < -0.39 is 0 Å². The van der Waals surface area contributed by atoms with E-state index in [4.69, 9.17) is 0 Å². The summed E-state index contributed by atoms with van der Waals surface area (Å²) >= 11 is 0. The van der Waals surface area contributed by atoms with Gasteiger partial charge >= 0.3 is 0 Å². The van der Waals surface area contributed by atoms with Crippen molar-refractivity contribution in [3.63, 3.8) is 0 Å². The van der Waals surface area contributed by atoms with Gasteiger partial charge in [-0.25, -0.2) is 0 Å². The monoisotopic (exact) mass is 126 g/mol. The predicted octanol–water partition coefficient (Wildman–Crippen LogP) is 2.09. The molecule has 1 rings (SSSR count). The molecule has 1 saturated carbocycles. The molecule has 0 amide bonds. The van der Waals surface area contributed by atoms with Crippen molar-refractivity contribution in [2.75, 3.05) is 0 Å². The zero-order valence-corrected chi connectivity index (χ0v) is 6.41. The molecule has 1 aliphatic rings. The highest BCUT2D eigenvalue weighted by Gasteiger charge is 2.35. The van der Waals surface area contributed by atoms with Crippen molar-refractivity contribution < 1.29 is 0 Å². The summed E-state index contributed by atoms with van der Waals surface area (Å²) in [4.78, 5) is 0. The first-order chi connectivity index (χ1) is 4.27. The van der Waals surface area contributed by atoms with Gasteiger partial charge in [0.1, 0.15) is 0 Å². The quantitative estimate of drug-likeness (QED) is 0.569. The van der Waals surface area contributed by atoms with Crippen molar-refractivity contribution in [1.82, 2.24) is 5.32 Å². The van der Waals surface area contributed by atoms with Crippen molar-refractivity contribution in [3.05, 3.63) is 6.54 Å². The summed E-state index contributed by atoms with van der Waals surface area (Å²) in [5.74, 6) is 0. The first-order valence-electron chi connectivity index (χ1n) is 3.86. The standard InChI is InChI=1S/C8H16N/c1-3-4-7-9-8(2)5-6-8/h7,9H,3-6H2,1-2H3. The van der Waals surface area contributed by atoms with Gasteiger partial charge in [0.2, 0.25) is 0 Å². The molecule has 0 saturated heterocycles. The number of hydrogen-bond acceptors (Lipinski definition) is 1. The van der Waals surface area contributed by atoms with Gasteiger partial charge in [-0.1, -0.05) is 13.3 Å². The Labute approximate surface area is 57.8 Å². The number of nitrogens with one attached hydrogen (secondary N) is 1. The molecule has 1 N–H and O–H groups in total. The Morgan fingerprint density at radius 2 is 2.22 bits per heavy atom. The van der Waals surface area contributed by atoms with Gasteiger partial charge in [-0.3, -0.25) is 0 Å². The van der Waals surface area contributed by atoms with Gasteiger partial charge in [0.25, 0.3) is 0 Å². The molecule has 1 radical (unpaired) electrons. The van der Waals surface area contributed by atoms with Crippen LogP contribution in [0, 0.1) is 6.54 Å². The van der Waals surface area contributed by atoms with Gasteiger partial charge in [-0.15, -0.1) is 0 Å². The Kier molecular flexibility index (Phi) is 2.12. The van der Waals surface area contributed by atoms with E-state index in [0.29, 0.717) is 5.54 Å². The molecule has 53 valence electrons. The fourth-order valence-corrected chi connectivity index (χ4v) is 0.795. The molecular formula is C8H16N. The fraction of sp³-hybridized carbons (Fsp3) is 0.875. The first kappa shape index (κ1) is 7.07. The molecule has 0 unspecified atom stereocenters. The summed E-state index contributed by atoms with van der Waals surface area (Å²) < 4.78 is 0. The SMILES string of the molecule is CCC[CH]NC1(C)CC1. The summed E-state index contributed by atoms with van der Waals surface area (Å²) in [6.45, 7) is 6.68. The Hall–Kier alpha value is -0.0400. The molecule has 0 bridgehead atoms. The van der Waals surface area contributed by atoms with E-state index >= 15 is 0 Å². The molecule has 0 aromatic carbocycles. The third-order valence-corrected chi connectivity index (χ3v) is 1.88. The Morgan fingerprint density at radius 1 is 1.56 bits per heavy atom. The highest BCUT2D eigenvalue weighted by Crippen LogP contribution is 2.34. The van der Waals surface area contributed by atoms with Crippen molar-refractivity contribution in [3.8, 4) is 0 Å². The van der Waals surface area contributed by atoms with Crippen molar-refractivity contribution in [1.29, 1.82) is 0 Å². The molecular weight excluding hydrogens is 110 g/mol. The molecule has 0 heterocycles. The van der Waals surface area contributed by atoms with Crippen LogP contribution in [0.15, 0.2) is 0 Å². The lowest BCUT2D eigenvalue weighted by molar-refractivity contribution is 0.579.